The third-order valence-electron chi connectivity index (χ3n) is 2.29. The van der Waals surface area contributed by atoms with Crippen molar-refractivity contribution in [1.82, 2.24) is 0 Å². The van der Waals surface area contributed by atoms with Gasteiger partial charge in [-0.2, -0.15) is 0 Å². The number of hydrogen-bond acceptors (Lipinski definition) is 1. The summed E-state index contributed by atoms with van der Waals surface area (Å²) in [5.41, 5.74) is 4.05. The van der Waals surface area contributed by atoms with E-state index in [4.69, 9.17) is 0 Å². The van der Waals surface area contributed by atoms with Gasteiger partial charge in [0.25, 0.3) is 0 Å². The van der Waals surface area contributed by atoms with Gasteiger partial charge in [-0.3, -0.25) is 4.99 Å². The van der Waals surface area contributed by atoms with E-state index in [1.165, 1.54) is 16.9 Å². The largest absolute Gasteiger partial charge is 0.293 e. The molecule has 0 atom stereocenters. The Bertz CT molecular complexity index is 299. The van der Waals surface area contributed by atoms with Crippen molar-refractivity contribution in [2.45, 2.75) is 33.1 Å². The van der Waals surface area contributed by atoms with E-state index in [9.17, 15) is 0 Å². The smallest absolute Gasteiger partial charge is 0.0347 e. The van der Waals surface area contributed by atoms with E-state index in [2.05, 4.69) is 43.1 Å². The van der Waals surface area contributed by atoms with Crippen LogP contribution in [0.15, 0.2) is 40.4 Å². The van der Waals surface area contributed by atoms with Crippen molar-refractivity contribution in [2.24, 2.45) is 4.99 Å². The van der Waals surface area contributed by atoms with Crippen LogP contribution in [0.1, 0.15) is 33.1 Å². The molecule has 0 unspecified atom stereocenters. The normalized spacial score (nSPS) is 15.6. The van der Waals surface area contributed by atoms with Crippen molar-refractivity contribution in [3.63, 3.8) is 0 Å². The SMILES string of the molecule is CN=C(C=C(C)C)CCC1=CC=CC1. The minimum atomic E-state index is 1.06. The fourth-order valence-electron chi connectivity index (χ4n) is 1.55. The predicted molar refractivity (Wildman–Crippen MR) is 63.9 cm³/mol. The Morgan fingerprint density at radius 2 is 2.29 bits per heavy atom. The van der Waals surface area contributed by atoms with E-state index < -0.39 is 0 Å². The third-order valence-corrected chi connectivity index (χ3v) is 2.29. The lowest BCUT2D eigenvalue weighted by atomic mass is 10.1. The van der Waals surface area contributed by atoms with E-state index in [1.807, 2.05) is 7.05 Å². The zero-order valence-electron chi connectivity index (χ0n) is 9.38. The molecule has 0 aromatic rings. The number of allylic oxidation sites excluding steroid dienone is 6. The van der Waals surface area contributed by atoms with Crippen LogP contribution in [0.4, 0.5) is 0 Å². The van der Waals surface area contributed by atoms with Crippen LogP contribution < -0.4 is 0 Å². The van der Waals surface area contributed by atoms with E-state index in [1.54, 1.807) is 0 Å². The van der Waals surface area contributed by atoms with Gasteiger partial charge in [-0.1, -0.05) is 29.4 Å². The summed E-state index contributed by atoms with van der Waals surface area (Å²) in [5.74, 6) is 0. The van der Waals surface area contributed by atoms with Crippen molar-refractivity contribution in [3.05, 3.63) is 35.5 Å². The highest BCUT2D eigenvalue weighted by atomic mass is 14.7. The maximum Gasteiger partial charge on any atom is 0.0347 e. The van der Waals surface area contributed by atoms with Crippen LogP contribution in [0.2, 0.25) is 0 Å². The van der Waals surface area contributed by atoms with Crippen molar-refractivity contribution in [1.29, 1.82) is 0 Å². The summed E-state index contributed by atoms with van der Waals surface area (Å²) in [5, 5.41) is 0. The van der Waals surface area contributed by atoms with Gasteiger partial charge in [0, 0.05) is 12.8 Å². The zero-order valence-corrected chi connectivity index (χ0v) is 9.38. The third kappa shape index (κ3) is 3.73. The minimum absolute atomic E-state index is 1.06. The highest BCUT2D eigenvalue weighted by Crippen LogP contribution is 2.16. The molecule has 1 nitrogen and oxygen atoms in total. The second-order valence-corrected chi connectivity index (χ2v) is 3.89. The first-order valence-electron chi connectivity index (χ1n) is 5.17. The standard InChI is InChI=1S/C13H19N/c1-11(2)10-13(14-3)9-8-12-6-4-5-7-12/h4-6,10H,7-9H2,1-3H3. The Morgan fingerprint density at radius 3 is 2.79 bits per heavy atom. The van der Waals surface area contributed by atoms with Crippen molar-refractivity contribution in [3.8, 4) is 0 Å². The molecule has 0 saturated heterocycles. The van der Waals surface area contributed by atoms with Gasteiger partial charge in [0.1, 0.15) is 0 Å². The van der Waals surface area contributed by atoms with E-state index in [0.717, 1.165) is 19.3 Å². The molecular formula is C13H19N. The van der Waals surface area contributed by atoms with Gasteiger partial charge in [-0.05, 0) is 39.2 Å². The number of aliphatic imine (C=N–C) groups is 1. The van der Waals surface area contributed by atoms with Gasteiger partial charge in [-0.25, -0.2) is 0 Å². The van der Waals surface area contributed by atoms with Crippen molar-refractivity contribution in [2.75, 3.05) is 7.05 Å². The Labute approximate surface area is 86.9 Å². The quantitative estimate of drug-likeness (QED) is 0.598. The molecule has 0 amide bonds. The molecule has 0 aliphatic heterocycles. The molecule has 0 saturated carbocycles. The summed E-state index contributed by atoms with van der Waals surface area (Å²) in [6, 6.07) is 0. The Kier molecular flexibility index (Phi) is 4.37. The van der Waals surface area contributed by atoms with Crippen LogP contribution in [0.25, 0.3) is 0 Å². The average Bonchev–Trinajstić information content (AvgIpc) is 2.64. The number of rotatable bonds is 4. The number of nitrogens with zero attached hydrogens (tertiary/aromatic N) is 1. The molecule has 1 heteroatoms. The Morgan fingerprint density at radius 1 is 1.50 bits per heavy atom. The van der Waals surface area contributed by atoms with Crippen LogP contribution in [0.5, 0.6) is 0 Å². The van der Waals surface area contributed by atoms with Crippen LogP contribution >= 0.6 is 0 Å². The molecule has 1 aliphatic rings. The lowest BCUT2D eigenvalue weighted by Crippen LogP contribution is -1.95. The maximum absolute atomic E-state index is 4.28. The monoisotopic (exact) mass is 189 g/mol. The van der Waals surface area contributed by atoms with Crippen LogP contribution in [0.3, 0.4) is 0 Å². The summed E-state index contributed by atoms with van der Waals surface area (Å²) < 4.78 is 0. The minimum Gasteiger partial charge on any atom is -0.293 e. The van der Waals surface area contributed by atoms with Gasteiger partial charge in [0.15, 0.2) is 0 Å². The summed E-state index contributed by atoms with van der Waals surface area (Å²) >= 11 is 0. The fraction of sp³-hybridized carbons (Fsp3) is 0.462. The van der Waals surface area contributed by atoms with Crippen molar-refractivity contribution < 1.29 is 0 Å². The summed E-state index contributed by atoms with van der Waals surface area (Å²) in [6.07, 6.45) is 12.1. The first kappa shape index (κ1) is 11.0. The second kappa shape index (κ2) is 5.58. The topological polar surface area (TPSA) is 12.4 Å². The highest BCUT2D eigenvalue weighted by Gasteiger charge is 2.01. The summed E-state index contributed by atoms with van der Waals surface area (Å²) in [7, 11) is 1.87. The molecule has 0 fully saturated rings. The first-order chi connectivity index (χ1) is 6.72. The number of hydrogen-bond donors (Lipinski definition) is 0. The molecule has 0 aromatic carbocycles. The second-order valence-electron chi connectivity index (χ2n) is 3.89. The molecule has 14 heavy (non-hydrogen) atoms. The molecular weight excluding hydrogens is 170 g/mol. The summed E-state index contributed by atoms with van der Waals surface area (Å²) in [4.78, 5) is 4.28. The van der Waals surface area contributed by atoms with Crippen LogP contribution in [-0.4, -0.2) is 12.8 Å². The fourth-order valence-corrected chi connectivity index (χ4v) is 1.55. The van der Waals surface area contributed by atoms with Crippen LogP contribution in [-0.2, 0) is 0 Å². The first-order valence-corrected chi connectivity index (χ1v) is 5.17. The molecule has 0 N–H and O–H groups in total. The molecule has 0 spiro atoms. The molecule has 0 aromatic heterocycles. The van der Waals surface area contributed by atoms with E-state index >= 15 is 0 Å². The summed E-state index contributed by atoms with van der Waals surface area (Å²) in [6.45, 7) is 4.23. The zero-order chi connectivity index (χ0) is 10.4. The lowest BCUT2D eigenvalue weighted by Gasteiger charge is -2.02. The molecule has 1 aliphatic carbocycles. The maximum atomic E-state index is 4.28. The molecule has 0 radical (unpaired) electrons. The van der Waals surface area contributed by atoms with Gasteiger partial charge >= 0.3 is 0 Å². The van der Waals surface area contributed by atoms with Gasteiger partial charge < -0.3 is 0 Å². The Hall–Kier alpha value is -1.11. The average molecular weight is 189 g/mol. The lowest BCUT2D eigenvalue weighted by molar-refractivity contribution is 0.978. The van der Waals surface area contributed by atoms with E-state index in [0.29, 0.717) is 0 Å². The van der Waals surface area contributed by atoms with Crippen LogP contribution in [0, 0.1) is 0 Å². The van der Waals surface area contributed by atoms with Gasteiger partial charge in [0.05, 0.1) is 0 Å². The van der Waals surface area contributed by atoms with Gasteiger partial charge in [-0.15, -0.1) is 0 Å². The predicted octanol–water partition coefficient (Wildman–Crippen LogP) is 3.69. The Balaban J connectivity index is 2.39. The molecule has 0 heterocycles. The molecule has 0 bridgehead atoms. The van der Waals surface area contributed by atoms with Crippen molar-refractivity contribution >= 4 is 5.71 Å². The highest BCUT2D eigenvalue weighted by molar-refractivity contribution is 5.95. The van der Waals surface area contributed by atoms with E-state index in [-0.39, 0.29) is 0 Å². The molecule has 1 rings (SSSR count). The van der Waals surface area contributed by atoms with Gasteiger partial charge in [0.2, 0.25) is 0 Å². The molecule has 76 valence electrons.